The van der Waals surface area contributed by atoms with Gasteiger partial charge in [-0.05, 0) is 23.8 Å². The van der Waals surface area contributed by atoms with Gasteiger partial charge in [-0.1, -0.05) is 18.2 Å². The lowest BCUT2D eigenvalue weighted by Crippen LogP contribution is -2.23. The van der Waals surface area contributed by atoms with Gasteiger partial charge in [0, 0.05) is 36.8 Å². The molecule has 0 atom stereocenters. The zero-order valence-corrected chi connectivity index (χ0v) is 13.8. The van der Waals surface area contributed by atoms with E-state index < -0.39 is 14.9 Å². The van der Waals surface area contributed by atoms with Crippen LogP contribution in [0.1, 0.15) is 5.56 Å². The van der Waals surface area contributed by atoms with E-state index in [9.17, 15) is 18.5 Å². The van der Waals surface area contributed by atoms with Crippen LogP contribution in [-0.2, 0) is 16.6 Å². The van der Waals surface area contributed by atoms with Crippen LogP contribution in [0.25, 0.3) is 5.69 Å². The fourth-order valence-corrected chi connectivity index (χ4v) is 3.28. The highest BCUT2D eigenvalue weighted by Gasteiger charge is 2.17. The van der Waals surface area contributed by atoms with Crippen LogP contribution in [0.5, 0.6) is 0 Å². The molecule has 0 aliphatic heterocycles. The number of nitro groups is 1. The van der Waals surface area contributed by atoms with Gasteiger partial charge in [0.25, 0.3) is 5.69 Å². The summed E-state index contributed by atoms with van der Waals surface area (Å²) in [7, 11) is -3.84. The number of benzene rings is 2. The molecule has 0 radical (unpaired) electrons. The number of non-ortho nitro benzene ring substituents is 1. The monoisotopic (exact) mass is 358 g/mol. The van der Waals surface area contributed by atoms with Crippen LogP contribution in [0.4, 0.5) is 5.69 Å². The van der Waals surface area contributed by atoms with Gasteiger partial charge in [-0.2, -0.15) is 0 Å². The molecule has 0 fully saturated rings. The molecule has 0 unspecified atom stereocenters. The Balaban J connectivity index is 1.72. The van der Waals surface area contributed by atoms with E-state index in [1.807, 2.05) is 16.7 Å². The van der Waals surface area contributed by atoms with Gasteiger partial charge in [0.1, 0.15) is 0 Å². The minimum Gasteiger partial charge on any atom is -0.306 e. The Morgan fingerprint density at radius 2 is 1.92 bits per heavy atom. The highest BCUT2D eigenvalue weighted by molar-refractivity contribution is 7.89. The Morgan fingerprint density at radius 3 is 2.56 bits per heavy atom. The van der Waals surface area contributed by atoms with Crippen molar-refractivity contribution < 1.29 is 13.3 Å². The number of nitrogens with one attached hydrogen (secondary N) is 1. The fourth-order valence-electron chi connectivity index (χ4n) is 2.22. The molecule has 128 valence electrons. The maximum atomic E-state index is 12.3. The first-order valence-electron chi connectivity index (χ1n) is 7.27. The van der Waals surface area contributed by atoms with E-state index in [-0.39, 0.29) is 17.1 Å². The van der Waals surface area contributed by atoms with Crippen molar-refractivity contribution in [2.24, 2.45) is 0 Å². The SMILES string of the molecule is O=[N+]([O-])c1cccc(S(=O)(=O)NCc2ccc(-n3ccnc3)cc2)c1. The van der Waals surface area contributed by atoms with Crippen molar-refractivity contribution in [1.82, 2.24) is 14.3 Å². The highest BCUT2D eigenvalue weighted by atomic mass is 32.2. The summed E-state index contributed by atoms with van der Waals surface area (Å²) in [5.41, 5.74) is 1.40. The normalized spacial score (nSPS) is 11.4. The van der Waals surface area contributed by atoms with Crippen molar-refractivity contribution in [3.8, 4) is 5.69 Å². The zero-order chi connectivity index (χ0) is 17.9. The predicted molar refractivity (Wildman–Crippen MR) is 90.7 cm³/mol. The van der Waals surface area contributed by atoms with Gasteiger partial charge in [-0.3, -0.25) is 10.1 Å². The maximum Gasteiger partial charge on any atom is 0.270 e. The van der Waals surface area contributed by atoms with E-state index >= 15 is 0 Å². The lowest BCUT2D eigenvalue weighted by Gasteiger charge is -2.08. The van der Waals surface area contributed by atoms with Crippen molar-refractivity contribution in [3.05, 3.63) is 82.9 Å². The minimum absolute atomic E-state index is 0.0786. The van der Waals surface area contributed by atoms with Gasteiger partial charge in [-0.25, -0.2) is 18.1 Å². The van der Waals surface area contributed by atoms with Gasteiger partial charge in [0.2, 0.25) is 10.0 Å². The average molecular weight is 358 g/mol. The molecule has 0 bridgehead atoms. The number of hydrogen-bond donors (Lipinski definition) is 1. The van der Waals surface area contributed by atoms with Crippen molar-refractivity contribution in [2.75, 3.05) is 0 Å². The van der Waals surface area contributed by atoms with Crippen molar-refractivity contribution in [2.45, 2.75) is 11.4 Å². The zero-order valence-electron chi connectivity index (χ0n) is 12.9. The van der Waals surface area contributed by atoms with E-state index in [0.29, 0.717) is 0 Å². The molecule has 1 N–H and O–H groups in total. The number of nitrogens with zero attached hydrogens (tertiary/aromatic N) is 3. The van der Waals surface area contributed by atoms with Crippen LogP contribution in [-0.4, -0.2) is 22.9 Å². The average Bonchev–Trinajstić information content (AvgIpc) is 3.15. The molecule has 3 rings (SSSR count). The summed E-state index contributed by atoms with van der Waals surface area (Å²) >= 11 is 0. The third-order valence-corrected chi connectivity index (χ3v) is 4.94. The molecule has 2 aromatic carbocycles. The molecule has 0 spiro atoms. The molecule has 9 heteroatoms. The summed E-state index contributed by atoms with van der Waals surface area (Å²) in [6.07, 6.45) is 5.14. The Kier molecular flexibility index (Phi) is 4.59. The summed E-state index contributed by atoms with van der Waals surface area (Å²) in [4.78, 5) is 14.0. The molecule has 0 aliphatic carbocycles. The number of aromatic nitrogens is 2. The van der Waals surface area contributed by atoms with Gasteiger partial charge >= 0.3 is 0 Å². The quantitative estimate of drug-likeness (QED) is 0.537. The lowest BCUT2D eigenvalue weighted by atomic mass is 10.2. The number of rotatable bonds is 6. The van der Waals surface area contributed by atoms with E-state index in [2.05, 4.69) is 9.71 Å². The maximum absolute atomic E-state index is 12.3. The van der Waals surface area contributed by atoms with Crippen molar-refractivity contribution in [3.63, 3.8) is 0 Å². The van der Waals surface area contributed by atoms with Crippen LogP contribution in [0.15, 0.2) is 72.1 Å². The molecular weight excluding hydrogens is 344 g/mol. The molecule has 1 aromatic heterocycles. The van der Waals surface area contributed by atoms with Gasteiger partial charge in [0.05, 0.1) is 16.1 Å². The first-order chi connectivity index (χ1) is 12.0. The Labute approximate surface area is 144 Å². The predicted octanol–water partition coefficient (Wildman–Crippen LogP) is 2.26. The largest absolute Gasteiger partial charge is 0.306 e. The lowest BCUT2D eigenvalue weighted by molar-refractivity contribution is -0.385. The van der Waals surface area contributed by atoms with Gasteiger partial charge < -0.3 is 4.57 Å². The highest BCUT2D eigenvalue weighted by Crippen LogP contribution is 2.17. The summed E-state index contributed by atoms with van der Waals surface area (Å²) in [6, 6.07) is 12.2. The number of imidazole rings is 1. The van der Waals surface area contributed by atoms with Gasteiger partial charge in [-0.15, -0.1) is 0 Å². The second-order valence-corrected chi connectivity index (χ2v) is 6.98. The first kappa shape index (κ1) is 16.8. The second kappa shape index (κ2) is 6.83. The van der Waals surface area contributed by atoms with Crippen LogP contribution >= 0.6 is 0 Å². The number of hydrogen-bond acceptors (Lipinski definition) is 5. The van der Waals surface area contributed by atoms with E-state index in [1.165, 1.54) is 18.2 Å². The van der Waals surface area contributed by atoms with Crippen LogP contribution in [0, 0.1) is 10.1 Å². The second-order valence-electron chi connectivity index (χ2n) is 5.22. The molecule has 0 amide bonds. The molecule has 1 heterocycles. The Bertz CT molecular complexity index is 983. The molecule has 0 saturated carbocycles. The summed E-state index contributed by atoms with van der Waals surface area (Å²) in [6.45, 7) is 0.0786. The van der Waals surface area contributed by atoms with Gasteiger partial charge in [0.15, 0.2) is 0 Å². The standard InChI is InChI=1S/C16H14N4O4S/c21-20(22)15-2-1-3-16(10-15)25(23,24)18-11-13-4-6-14(7-5-13)19-9-8-17-12-19/h1-10,12,18H,11H2. The Morgan fingerprint density at radius 1 is 1.16 bits per heavy atom. The van der Waals surface area contributed by atoms with Crippen molar-refractivity contribution in [1.29, 1.82) is 0 Å². The number of nitro benzene ring substituents is 1. The third kappa shape index (κ3) is 3.90. The van der Waals surface area contributed by atoms with Crippen LogP contribution in [0.2, 0.25) is 0 Å². The summed E-state index contributed by atoms with van der Waals surface area (Å²) in [5.74, 6) is 0. The molecule has 8 nitrogen and oxygen atoms in total. The topological polar surface area (TPSA) is 107 Å². The Hall–Kier alpha value is -3.04. The van der Waals surface area contributed by atoms with Crippen molar-refractivity contribution >= 4 is 15.7 Å². The van der Waals surface area contributed by atoms with E-state index in [4.69, 9.17) is 0 Å². The summed E-state index contributed by atoms with van der Waals surface area (Å²) < 4.78 is 28.8. The molecule has 0 aliphatic rings. The first-order valence-corrected chi connectivity index (χ1v) is 8.75. The smallest absolute Gasteiger partial charge is 0.270 e. The van der Waals surface area contributed by atoms with E-state index in [0.717, 1.165) is 17.3 Å². The molecule has 3 aromatic rings. The molecule has 25 heavy (non-hydrogen) atoms. The fraction of sp³-hybridized carbons (Fsp3) is 0.0625. The van der Waals surface area contributed by atoms with Crippen LogP contribution in [0.3, 0.4) is 0 Å². The molecular formula is C16H14N4O4S. The van der Waals surface area contributed by atoms with Crippen LogP contribution < -0.4 is 4.72 Å². The molecule has 0 saturated heterocycles. The van der Waals surface area contributed by atoms with E-state index in [1.54, 1.807) is 30.9 Å². The minimum atomic E-state index is -3.84. The summed E-state index contributed by atoms with van der Waals surface area (Å²) in [5, 5.41) is 10.8. The third-order valence-electron chi connectivity index (χ3n) is 3.54. The number of sulfonamides is 1.